The summed E-state index contributed by atoms with van der Waals surface area (Å²) in [4.78, 5) is 0. The topological polar surface area (TPSA) is 27.7 Å². The van der Waals surface area contributed by atoms with Crippen molar-refractivity contribution < 1.29 is 13.9 Å². The molecule has 0 aromatic heterocycles. The number of ether oxygens (including phenoxy) is 2. The zero-order valence-corrected chi connectivity index (χ0v) is 22.3. The Balaban J connectivity index is 2.00. The summed E-state index contributed by atoms with van der Waals surface area (Å²) in [5.74, 6) is 0. The molecule has 1 fully saturated rings. The summed E-state index contributed by atoms with van der Waals surface area (Å²) in [6, 6.07) is 21.5. The number of hydrogen-bond donors (Lipinski definition) is 0. The van der Waals surface area contributed by atoms with Crippen LogP contribution in [0.15, 0.2) is 72.8 Å². The van der Waals surface area contributed by atoms with Gasteiger partial charge in [0.1, 0.15) is 6.61 Å². The highest BCUT2D eigenvalue weighted by atomic mass is 32.1. The van der Waals surface area contributed by atoms with Crippen LogP contribution in [0, 0.1) is 0 Å². The molecular weight excluding hydrogens is 444 g/mol. The van der Waals surface area contributed by atoms with Crippen LogP contribution in [-0.4, -0.2) is 32.4 Å². The Morgan fingerprint density at radius 2 is 1.61 bits per heavy atom. The lowest BCUT2D eigenvalue weighted by Crippen LogP contribution is -2.68. The van der Waals surface area contributed by atoms with Gasteiger partial charge in [0.25, 0.3) is 8.32 Å². The minimum absolute atomic E-state index is 0.0984. The zero-order chi connectivity index (χ0) is 23.7. The Kier molecular flexibility index (Phi) is 9.30. The predicted octanol–water partition coefficient (Wildman–Crippen LogP) is 6.16. The van der Waals surface area contributed by atoms with Crippen LogP contribution in [-0.2, 0) is 13.9 Å². The molecule has 2 aromatic carbocycles. The summed E-state index contributed by atoms with van der Waals surface area (Å²) < 4.78 is 18.8. The molecule has 1 aliphatic rings. The van der Waals surface area contributed by atoms with Crippen molar-refractivity contribution in [2.24, 2.45) is 0 Å². The first kappa shape index (κ1) is 25.7. The first-order valence-corrected chi connectivity index (χ1v) is 14.5. The molecule has 2 atom stereocenters. The van der Waals surface area contributed by atoms with Crippen LogP contribution < -0.4 is 10.4 Å². The molecule has 0 bridgehead atoms. The second-order valence-electron chi connectivity index (χ2n) is 9.74. The number of rotatable bonds is 11. The molecule has 0 spiro atoms. The first-order valence-electron chi connectivity index (χ1n) is 12.2. The highest BCUT2D eigenvalue weighted by Crippen LogP contribution is 2.38. The normalized spacial score (nSPS) is 17.7. The SMILES string of the molecule is CCCCC/C=C\C[C@H](O[Si](c1ccccc1)(c1ccccc1)C(C)(C)C)[C@@H]1COC(=S)O1. The molecule has 0 aliphatic carbocycles. The monoisotopic (exact) mass is 482 g/mol. The van der Waals surface area contributed by atoms with Crippen LogP contribution in [0.25, 0.3) is 0 Å². The number of hydrogen-bond acceptors (Lipinski definition) is 4. The molecule has 1 aliphatic heterocycles. The maximum absolute atomic E-state index is 7.36. The van der Waals surface area contributed by atoms with Gasteiger partial charge in [-0.2, -0.15) is 0 Å². The van der Waals surface area contributed by atoms with Crippen molar-refractivity contribution in [2.75, 3.05) is 6.61 Å². The minimum Gasteiger partial charge on any atom is -0.453 e. The van der Waals surface area contributed by atoms with Gasteiger partial charge in [0.15, 0.2) is 6.10 Å². The van der Waals surface area contributed by atoms with Gasteiger partial charge in [0.05, 0.1) is 6.10 Å². The number of thiocarbonyl (C=S) groups is 1. The standard InChI is InChI=1S/C28H38O3SSi/c1-5-6-7-8-9-16-21-25(26-22-29-27(32)30-26)31-33(28(2,3)4,23-17-12-10-13-18-23)24-19-14-11-15-20-24/h9-20,25-26H,5-8,21-22H2,1-4H3/b16-9-/t25-,26-/m0/s1. The lowest BCUT2D eigenvalue weighted by atomic mass is 10.1. The summed E-state index contributed by atoms with van der Waals surface area (Å²) in [6.45, 7) is 9.57. The fraction of sp³-hybridized carbons (Fsp3) is 0.464. The first-order chi connectivity index (χ1) is 15.9. The smallest absolute Gasteiger partial charge is 0.352 e. The number of unbranched alkanes of at least 4 members (excludes halogenated alkanes) is 3. The van der Waals surface area contributed by atoms with E-state index < -0.39 is 8.32 Å². The van der Waals surface area contributed by atoms with E-state index in [4.69, 9.17) is 26.1 Å². The quantitative estimate of drug-likeness (QED) is 0.166. The van der Waals surface area contributed by atoms with Crippen LogP contribution in [0.5, 0.6) is 0 Å². The largest absolute Gasteiger partial charge is 0.453 e. The van der Waals surface area contributed by atoms with Crippen LogP contribution in [0.4, 0.5) is 0 Å². The Morgan fingerprint density at radius 3 is 2.09 bits per heavy atom. The van der Waals surface area contributed by atoms with Crippen molar-refractivity contribution in [1.29, 1.82) is 0 Å². The molecule has 1 heterocycles. The van der Waals surface area contributed by atoms with E-state index in [2.05, 4.69) is 101 Å². The van der Waals surface area contributed by atoms with Gasteiger partial charge >= 0.3 is 5.24 Å². The maximum atomic E-state index is 7.36. The minimum atomic E-state index is -2.70. The second-order valence-corrected chi connectivity index (χ2v) is 14.3. The van der Waals surface area contributed by atoms with E-state index in [9.17, 15) is 0 Å². The maximum Gasteiger partial charge on any atom is 0.352 e. The van der Waals surface area contributed by atoms with Crippen molar-refractivity contribution in [2.45, 2.75) is 77.0 Å². The molecule has 0 unspecified atom stereocenters. The number of allylic oxidation sites excluding steroid dienone is 1. The lowest BCUT2D eigenvalue weighted by Gasteiger charge is -2.45. The highest BCUT2D eigenvalue weighted by molar-refractivity contribution is 7.79. The zero-order valence-electron chi connectivity index (χ0n) is 20.5. The fourth-order valence-corrected chi connectivity index (χ4v) is 9.49. The van der Waals surface area contributed by atoms with Crippen molar-refractivity contribution in [1.82, 2.24) is 0 Å². The molecule has 3 nitrogen and oxygen atoms in total. The van der Waals surface area contributed by atoms with Gasteiger partial charge in [-0.05, 0) is 34.7 Å². The third-order valence-electron chi connectivity index (χ3n) is 6.28. The third kappa shape index (κ3) is 6.34. The van der Waals surface area contributed by atoms with Crippen molar-refractivity contribution >= 4 is 36.1 Å². The average molecular weight is 483 g/mol. The Hall–Kier alpha value is -1.95. The highest BCUT2D eigenvalue weighted by Gasteiger charge is 2.52. The molecule has 0 N–H and O–H groups in total. The van der Waals surface area contributed by atoms with Crippen molar-refractivity contribution in [3.8, 4) is 0 Å². The van der Waals surface area contributed by atoms with Crippen LogP contribution in [0.3, 0.4) is 0 Å². The molecule has 5 heteroatoms. The Bertz CT molecular complexity index is 853. The molecule has 33 heavy (non-hydrogen) atoms. The van der Waals surface area contributed by atoms with E-state index in [1.54, 1.807) is 0 Å². The van der Waals surface area contributed by atoms with Crippen LogP contribution in [0.1, 0.15) is 59.8 Å². The Morgan fingerprint density at radius 1 is 1.00 bits per heavy atom. The van der Waals surface area contributed by atoms with E-state index in [0.717, 1.165) is 12.8 Å². The van der Waals surface area contributed by atoms with Gasteiger partial charge in [-0.25, -0.2) is 0 Å². The van der Waals surface area contributed by atoms with Gasteiger partial charge in [-0.3, -0.25) is 0 Å². The van der Waals surface area contributed by atoms with E-state index in [1.165, 1.54) is 29.6 Å². The average Bonchev–Trinajstić information content (AvgIpc) is 3.24. The second kappa shape index (κ2) is 12.0. The molecule has 1 saturated heterocycles. The summed E-state index contributed by atoms with van der Waals surface area (Å²) in [7, 11) is -2.70. The van der Waals surface area contributed by atoms with Gasteiger partial charge in [-0.15, -0.1) is 0 Å². The molecule has 178 valence electrons. The van der Waals surface area contributed by atoms with Gasteiger partial charge in [-0.1, -0.05) is 113 Å². The van der Waals surface area contributed by atoms with E-state index in [1.807, 2.05) is 0 Å². The molecule has 0 amide bonds. The van der Waals surface area contributed by atoms with E-state index in [0.29, 0.717) is 6.61 Å². The molecular formula is C28H38O3SSi. The molecule has 0 saturated carbocycles. The summed E-state index contributed by atoms with van der Waals surface area (Å²) >= 11 is 5.19. The number of benzene rings is 2. The summed E-state index contributed by atoms with van der Waals surface area (Å²) in [6.07, 6.45) is 9.76. The van der Waals surface area contributed by atoms with Crippen molar-refractivity contribution in [3.05, 3.63) is 72.8 Å². The van der Waals surface area contributed by atoms with Gasteiger partial charge < -0.3 is 13.9 Å². The summed E-state index contributed by atoms with van der Waals surface area (Å²) in [5.41, 5.74) is 0. The molecule has 3 rings (SSSR count). The van der Waals surface area contributed by atoms with E-state index >= 15 is 0 Å². The summed E-state index contributed by atoms with van der Waals surface area (Å²) in [5, 5.41) is 2.66. The van der Waals surface area contributed by atoms with Crippen molar-refractivity contribution in [3.63, 3.8) is 0 Å². The fourth-order valence-electron chi connectivity index (χ4n) is 4.58. The molecule has 2 aromatic rings. The third-order valence-corrected chi connectivity index (χ3v) is 11.6. The van der Waals surface area contributed by atoms with Crippen LogP contribution in [0.2, 0.25) is 5.04 Å². The Labute approximate surface area is 206 Å². The lowest BCUT2D eigenvalue weighted by molar-refractivity contribution is 0.0595. The van der Waals surface area contributed by atoms with E-state index in [-0.39, 0.29) is 22.5 Å². The molecule has 0 radical (unpaired) electrons. The van der Waals surface area contributed by atoms with Gasteiger partial charge in [0.2, 0.25) is 0 Å². The predicted molar refractivity (Wildman–Crippen MR) is 144 cm³/mol. The van der Waals surface area contributed by atoms with Crippen LogP contribution >= 0.6 is 12.2 Å². The van der Waals surface area contributed by atoms with Gasteiger partial charge in [0, 0.05) is 12.2 Å².